The van der Waals surface area contributed by atoms with E-state index in [0.717, 1.165) is 11.8 Å². The van der Waals surface area contributed by atoms with Crippen molar-refractivity contribution in [2.24, 2.45) is 11.8 Å². The lowest BCUT2D eigenvalue weighted by Gasteiger charge is -2.29. The van der Waals surface area contributed by atoms with Crippen molar-refractivity contribution in [3.05, 3.63) is 0 Å². The molecule has 0 radical (unpaired) electrons. The van der Waals surface area contributed by atoms with E-state index in [2.05, 4.69) is 5.32 Å². The van der Waals surface area contributed by atoms with E-state index < -0.39 is 0 Å². The molecule has 0 aromatic heterocycles. The molecule has 0 aromatic rings. The van der Waals surface area contributed by atoms with Gasteiger partial charge in [0.15, 0.2) is 0 Å². The molecule has 1 nitrogen and oxygen atoms in total. The number of hydrogen-bond acceptors (Lipinski definition) is 1. The Balaban J connectivity index is 0.000000605. The first-order chi connectivity index (χ1) is 4.95. The van der Waals surface area contributed by atoms with Crippen LogP contribution >= 0.6 is 12.4 Å². The molecule has 1 N–H and O–H groups in total. The van der Waals surface area contributed by atoms with Gasteiger partial charge in [-0.15, -0.1) is 12.4 Å². The average Bonchev–Trinajstić information content (AvgIpc) is 2.29. The summed E-state index contributed by atoms with van der Waals surface area (Å²) in [6.45, 7) is 2.60. The summed E-state index contributed by atoms with van der Waals surface area (Å²) in [7, 11) is 0. The first kappa shape index (κ1) is 9.34. The summed E-state index contributed by atoms with van der Waals surface area (Å²) >= 11 is 0. The fourth-order valence-corrected chi connectivity index (χ4v) is 2.23. The second kappa shape index (κ2) is 4.32. The Bertz CT molecular complexity index is 106. The molecular formula is C9H18ClN. The molecule has 2 aliphatic rings. The second-order valence-corrected chi connectivity index (χ2v) is 3.91. The van der Waals surface area contributed by atoms with E-state index in [-0.39, 0.29) is 12.4 Å². The molecule has 1 aliphatic heterocycles. The molecule has 2 heteroatoms. The minimum Gasteiger partial charge on any atom is -0.316 e. The molecule has 11 heavy (non-hydrogen) atoms. The van der Waals surface area contributed by atoms with Crippen LogP contribution in [0.2, 0.25) is 0 Å². The molecule has 1 saturated carbocycles. The van der Waals surface area contributed by atoms with Crippen LogP contribution in [-0.4, -0.2) is 13.1 Å². The van der Waals surface area contributed by atoms with Gasteiger partial charge in [0.25, 0.3) is 0 Å². The standard InChI is InChI=1S/C9H17N.ClH/c1-2-4-8(3-1)5-9-6-10-7-9;/h8-10H,1-7H2;1H. The van der Waals surface area contributed by atoms with Gasteiger partial charge in [-0.2, -0.15) is 0 Å². The monoisotopic (exact) mass is 175 g/mol. The number of halogens is 1. The van der Waals surface area contributed by atoms with Crippen LogP contribution in [0, 0.1) is 11.8 Å². The van der Waals surface area contributed by atoms with Crippen molar-refractivity contribution in [2.75, 3.05) is 13.1 Å². The molecule has 2 rings (SSSR count). The van der Waals surface area contributed by atoms with Gasteiger partial charge < -0.3 is 5.32 Å². The Kier molecular flexibility index (Phi) is 3.67. The van der Waals surface area contributed by atoms with Gasteiger partial charge in [-0.25, -0.2) is 0 Å². The smallest absolute Gasteiger partial charge is 0.000815 e. The van der Waals surface area contributed by atoms with Crippen LogP contribution in [0.15, 0.2) is 0 Å². The highest BCUT2D eigenvalue weighted by atomic mass is 35.5. The SMILES string of the molecule is C1CCC(CC2CNC2)C1.Cl. The molecule has 66 valence electrons. The van der Waals surface area contributed by atoms with Gasteiger partial charge in [0.2, 0.25) is 0 Å². The van der Waals surface area contributed by atoms with Crippen molar-refractivity contribution in [1.82, 2.24) is 5.32 Å². The van der Waals surface area contributed by atoms with Crippen LogP contribution < -0.4 is 5.32 Å². The van der Waals surface area contributed by atoms with Crippen molar-refractivity contribution >= 4 is 12.4 Å². The number of nitrogens with one attached hydrogen (secondary N) is 1. The lowest BCUT2D eigenvalue weighted by atomic mass is 9.89. The van der Waals surface area contributed by atoms with Gasteiger partial charge in [-0.05, 0) is 31.3 Å². The van der Waals surface area contributed by atoms with Crippen LogP contribution in [0.4, 0.5) is 0 Å². The van der Waals surface area contributed by atoms with E-state index in [9.17, 15) is 0 Å². The maximum Gasteiger partial charge on any atom is -0.000815 e. The normalized spacial score (nSPS) is 26.2. The first-order valence-corrected chi connectivity index (χ1v) is 4.66. The summed E-state index contributed by atoms with van der Waals surface area (Å²) in [5, 5.41) is 3.34. The van der Waals surface area contributed by atoms with Crippen LogP contribution in [-0.2, 0) is 0 Å². The molecule has 2 fully saturated rings. The summed E-state index contributed by atoms with van der Waals surface area (Å²) < 4.78 is 0. The fourth-order valence-electron chi connectivity index (χ4n) is 2.23. The summed E-state index contributed by atoms with van der Waals surface area (Å²) in [4.78, 5) is 0. The zero-order valence-corrected chi connectivity index (χ0v) is 7.83. The second-order valence-electron chi connectivity index (χ2n) is 3.91. The molecule has 0 spiro atoms. The molecule has 0 atom stereocenters. The lowest BCUT2D eigenvalue weighted by Crippen LogP contribution is -2.42. The predicted molar refractivity (Wildman–Crippen MR) is 50.2 cm³/mol. The van der Waals surface area contributed by atoms with Crippen LogP contribution in [0.5, 0.6) is 0 Å². The van der Waals surface area contributed by atoms with Crippen molar-refractivity contribution in [1.29, 1.82) is 0 Å². The molecule has 1 saturated heterocycles. The van der Waals surface area contributed by atoms with Gasteiger partial charge in [0, 0.05) is 0 Å². The zero-order valence-electron chi connectivity index (χ0n) is 7.01. The van der Waals surface area contributed by atoms with Gasteiger partial charge >= 0.3 is 0 Å². The topological polar surface area (TPSA) is 12.0 Å². The molecular weight excluding hydrogens is 158 g/mol. The summed E-state index contributed by atoms with van der Waals surface area (Å²) in [5.41, 5.74) is 0. The Hall–Kier alpha value is 0.250. The zero-order chi connectivity index (χ0) is 6.81. The largest absolute Gasteiger partial charge is 0.316 e. The summed E-state index contributed by atoms with van der Waals surface area (Å²) in [5.74, 6) is 2.15. The Morgan fingerprint density at radius 1 is 1.00 bits per heavy atom. The molecule has 0 aromatic carbocycles. The third-order valence-electron chi connectivity index (χ3n) is 3.01. The molecule has 1 aliphatic carbocycles. The van der Waals surface area contributed by atoms with E-state index in [1.807, 2.05) is 0 Å². The fraction of sp³-hybridized carbons (Fsp3) is 1.00. The Morgan fingerprint density at radius 3 is 2.09 bits per heavy atom. The van der Waals surface area contributed by atoms with E-state index in [1.54, 1.807) is 0 Å². The van der Waals surface area contributed by atoms with Crippen LogP contribution in [0.3, 0.4) is 0 Å². The van der Waals surface area contributed by atoms with Crippen molar-refractivity contribution in [2.45, 2.75) is 32.1 Å². The van der Waals surface area contributed by atoms with Crippen LogP contribution in [0.1, 0.15) is 32.1 Å². The quantitative estimate of drug-likeness (QED) is 0.679. The molecule has 0 bridgehead atoms. The van der Waals surface area contributed by atoms with E-state index >= 15 is 0 Å². The number of rotatable bonds is 2. The Morgan fingerprint density at radius 2 is 1.64 bits per heavy atom. The first-order valence-electron chi connectivity index (χ1n) is 4.66. The summed E-state index contributed by atoms with van der Waals surface area (Å²) in [6, 6.07) is 0. The third-order valence-corrected chi connectivity index (χ3v) is 3.01. The number of hydrogen-bond donors (Lipinski definition) is 1. The van der Waals surface area contributed by atoms with Crippen molar-refractivity contribution < 1.29 is 0 Å². The van der Waals surface area contributed by atoms with Crippen molar-refractivity contribution in [3.8, 4) is 0 Å². The van der Waals surface area contributed by atoms with Crippen LogP contribution in [0.25, 0.3) is 0 Å². The minimum atomic E-state index is 0. The highest BCUT2D eigenvalue weighted by Crippen LogP contribution is 2.31. The lowest BCUT2D eigenvalue weighted by molar-refractivity contribution is 0.277. The van der Waals surface area contributed by atoms with E-state index in [1.165, 1.54) is 45.2 Å². The minimum absolute atomic E-state index is 0. The maximum absolute atomic E-state index is 3.34. The van der Waals surface area contributed by atoms with E-state index in [4.69, 9.17) is 0 Å². The molecule has 0 amide bonds. The van der Waals surface area contributed by atoms with Gasteiger partial charge in [-0.1, -0.05) is 25.7 Å². The summed E-state index contributed by atoms with van der Waals surface area (Å²) in [6.07, 6.45) is 7.58. The van der Waals surface area contributed by atoms with Crippen molar-refractivity contribution in [3.63, 3.8) is 0 Å². The highest BCUT2D eigenvalue weighted by molar-refractivity contribution is 5.85. The van der Waals surface area contributed by atoms with Gasteiger partial charge in [-0.3, -0.25) is 0 Å². The molecule has 0 unspecified atom stereocenters. The maximum atomic E-state index is 3.34. The predicted octanol–water partition coefficient (Wildman–Crippen LogP) is 2.21. The third kappa shape index (κ3) is 2.34. The van der Waals surface area contributed by atoms with Gasteiger partial charge in [0.05, 0.1) is 0 Å². The molecule has 1 heterocycles. The van der Waals surface area contributed by atoms with Gasteiger partial charge in [0.1, 0.15) is 0 Å². The highest BCUT2D eigenvalue weighted by Gasteiger charge is 2.23. The van der Waals surface area contributed by atoms with E-state index in [0.29, 0.717) is 0 Å². The average molecular weight is 176 g/mol. The Labute approximate surface area is 75.4 Å².